The highest BCUT2D eigenvalue weighted by molar-refractivity contribution is 5.41. The Hall–Kier alpha value is -1.77. The molecule has 0 N–H and O–H groups in total. The van der Waals surface area contributed by atoms with E-state index in [4.69, 9.17) is 0 Å². The van der Waals surface area contributed by atoms with Gasteiger partial charge in [-0.05, 0) is 54.7 Å². The van der Waals surface area contributed by atoms with Crippen LogP contribution in [0.5, 0.6) is 0 Å². The van der Waals surface area contributed by atoms with Crippen LogP contribution in [0.25, 0.3) is 0 Å². The summed E-state index contributed by atoms with van der Waals surface area (Å²) >= 11 is 0. The monoisotopic (exact) mass is 292 g/mol. The van der Waals surface area contributed by atoms with E-state index in [1.165, 1.54) is 18.6 Å². The molecule has 0 aromatic heterocycles. The summed E-state index contributed by atoms with van der Waals surface area (Å²) in [6, 6.07) is 10.7. The van der Waals surface area contributed by atoms with Gasteiger partial charge in [-0.2, -0.15) is 13.2 Å². The van der Waals surface area contributed by atoms with Gasteiger partial charge in [0.25, 0.3) is 0 Å². The van der Waals surface area contributed by atoms with E-state index in [0.717, 1.165) is 11.1 Å². The van der Waals surface area contributed by atoms with Crippen molar-refractivity contribution in [1.29, 1.82) is 0 Å². The first-order chi connectivity index (χ1) is 9.70. The Morgan fingerprint density at radius 3 is 1.81 bits per heavy atom. The predicted octanol–water partition coefficient (Wildman–Crippen LogP) is 5.78. The first-order valence-electron chi connectivity index (χ1n) is 6.95. The van der Waals surface area contributed by atoms with E-state index in [1.807, 2.05) is 39.0 Å². The topological polar surface area (TPSA) is 0 Å². The fraction of sp³-hybridized carbons (Fsp3) is 0.333. The number of alkyl halides is 3. The van der Waals surface area contributed by atoms with Gasteiger partial charge in [0.05, 0.1) is 5.56 Å². The van der Waals surface area contributed by atoms with E-state index < -0.39 is 11.7 Å². The number of halogens is 3. The van der Waals surface area contributed by atoms with Crippen LogP contribution < -0.4 is 0 Å². The van der Waals surface area contributed by atoms with Crippen LogP contribution in [0.4, 0.5) is 13.2 Å². The molecule has 0 aliphatic carbocycles. The highest BCUT2D eigenvalue weighted by Crippen LogP contribution is 2.35. The third kappa shape index (κ3) is 3.29. The van der Waals surface area contributed by atoms with E-state index in [-0.39, 0.29) is 11.5 Å². The van der Waals surface area contributed by atoms with Crippen LogP contribution in [0.2, 0.25) is 0 Å². The zero-order valence-electron chi connectivity index (χ0n) is 12.7. The van der Waals surface area contributed by atoms with Crippen molar-refractivity contribution >= 4 is 0 Å². The molecule has 0 aliphatic rings. The van der Waals surface area contributed by atoms with E-state index >= 15 is 0 Å². The summed E-state index contributed by atoms with van der Waals surface area (Å²) in [5.41, 5.74) is 3.79. The molecule has 2 aromatic carbocycles. The summed E-state index contributed by atoms with van der Waals surface area (Å²) in [6.07, 6.45) is -4.30. The fourth-order valence-electron chi connectivity index (χ4n) is 2.44. The van der Waals surface area contributed by atoms with Crippen molar-refractivity contribution in [3.8, 4) is 0 Å². The van der Waals surface area contributed by atoms with Crippen molar-refractivity contribution in [2.24, 2.45) is 0 Å². The van der Waals surface area contributed by atoms with Crippen molar-refractivity contribution in [3.05, 3.63) is 69.8 Å². The number of aryl methyl sites for hydroxylation is 3. The number of benzene rings is 2. The molecule has 0 amide bonds. The second-order valence-corrected chi connectivity index (χ2v) is 5.64. The molecule has 2 rings (SSSR count). The quantitative estimate of drug-likeness (QED) is 0.658. The van der Waals surface area contributed by atoms with Crippen LogP contribution in [0.3, 0.4) is 0 Å². The first kappa shape index (κ1) is 15.6. The Labute approximate surface area is 123 Å². The molecule has 0 saturated heterocycles. The molecular weight excluding hydrogens is 273 g/mol. The van der Waals surface area contributed by atoms with E-state index in [0.29, 0.717) is 5.56 Å². The van der Waals surface area contributed by atoms with Gasteiger partial charge in [0, 0.05) is 5.92 Å². The average molecular weight is 292 g/mol. The van der Waals surface area contributed by atoms with Gasteiger partial charge in [-0.1, -0.05) is 37.3 Å². The van der Waals surface area contributed by atoms with E-state index in [2.05, 4.69) is 0 Å². The summed E-state index contributed by atoms with van der Waals surface area (Å²) in [5, 5.41) is 0. The molecule has 112 valence electrons. The van der Waals surface area contributed by atoms with Crippen molar-refractivity contribution in [1.82, 2.24) is 0 Å². The van der Waals surface area contributed by atoms with Crippen LogP contribution in [-0.4, -0.2) is 0 Å². The number of hydrogen-bond donors (Lipinski definition) is 0. The third-order valence-electron chi connectivity index (χ3n) is 4.10. The zero-order chi connectivity index (χ0) is 15.8. The Bertz CT molecular complexity index is 654. The van der Waals surface area contributed by atoms with Crippen molar-refractivity contribution in [2.45, 2.75) is 39.8 Å². The Morgan fingerprint density at radius 2 is 1.29 bits per heavy atom. The molecule has 1 unspecified atom stereocenters. The minimum absolute atomic E-state index is 0.0639. The zero-order valence-corrected chi connectivity index (χ0v) is 12.7. The van der Waals surface area contributed by atoms with Crippen molar-refractivity contribution < 1.29 is 13.2 Å². The summed E-state index contributed by atoms with van der Waals surface area (Å²) in [5.74, 6) is -0.0639. The van der Waals surface area contributed by atoms with Crippen LogP contribution >= 0.6 is 0 Å². The number of rotatable bonds is 2. The van der Waals surface area contributed by atoms with Gasteiger partial charge in [-0.25, -0.2) is 0 Å². The van der Waals surface area contributed by atoms with Gasteiger partial charge in [-0.3, -0.25) is 0 Å². The second-order valence-electron chi connectivity index (χ2n) is 5.64. The maximum atomic E-state index is 13.0. The highest BCUT2D eigenvalue weighted by Gasteiger charge is 2.32. The van der Waals surface area contributed by atoms with E-state index in [9.17, 15) is 13.2 Å². The van der Waals surface area contributed by atoms with Crippen molar-refractivity contribution in [2.75, 3.05) is 0 Å². The SMILES string of the molecule is Cc1ccc(C(C)c2ccc(C)c(C(F)(F)F)c2)cc1C. The molecule has 0 spiro atoms. The second kappa shape index (κ2) is 5.55. The summed E-state index contributed by atoms with van der Waals surface area (Å²) < 4.78 is 39.0. The molecule has 0 nitrogen and oxygen atoms in total. The largest absolute Gasteiger partial charge is 0.416 e. The van der Waals surface area contributed by atoms with Gasteiger partial charge in [0.2, 0.25) is 0 Å². The Balaban J connectivity index is 2.44. The van der Waals surface area contributed by atoms with Crippen molar-refractivity contribution in [3.63, 3.8) is 0 Å². The standard InChI is InChI=1S/C18H19F3/c1-11-5-7-15(9-13(11)3)14(4)16-8-6-12(2)17(10-16)18(19,20)21/h5-10,14H,1-4H3. The van der Waals surface area contributed by atoms with Gasteiger partial charge < -0.3 is 0 Å². The summed E-state index contributed by atoms with van der Waals surface area (Å²) in [6.45, 7) is 7.47. The molecule has 0 saturated carbocycles. The summed E-state index contributed by atoms with van der Waals surface area (Å²) in [7, 11) is 0. The Kier molecular flexibility index (Phi) is 4.13. The molecule has 0 fully saturated rings. The smallest absolute Gasteiger partial charge is 0.166 e. The fourth-order valence-corrected chi connectivity index (χ4v) is 2.44. The minimum atomic E-state index is -4.30. The molecule has 0 bridgehead atoms. The molecule has 3 heteroatoms. The van der Waals surface area contributed by atoms with Crippen LogP contribution in [0.15, 0.2) is 36.4 Å². The normalized spacial score (nSPS) is 13.3. The lowest BCUT2D eigenvalue weighted by Gasteiger charge is -2.17. The lowest BCUT2D eigenvalue weighted by atomic mass is 9.89. The van der Waals surface area contributed by atoms with Gasteiger partial charge in [-0.15, -0.1) is 0 Å². The van der Waals surface area contributed by atoms with Crippen LogP contribution in [-0.2, 0) is 6.18 Å². The first-order valence-corrected chi connectivity index (χ1v) is 6.95. The maximum absolute atomic E-state index is 13.0. The maximum Gasteiger partial charge on any atom is 0.416 e. The van der Waals surface area contributed by atoms with Crippen LogP contribution in [0.1, 0.15) is 46.2 Å². The number of hydrogen-bond acceptors (Lipinski definition) is 0. The molecule has 2 aromatic rings. The van der Waals surface area contributed by atoms with Gasteiger partial charge in [0.15, 0.2) is 0 Å². The molecule has 0 heterocycles. The highest BCUT2D eigenvalue weighted by atomic mass is 19.4. The van der Waals surface area contributed by atoms with E-state index in [1.54, 1.807) is 12.1 Å². The van der Waals surface area contributed by atoms with Crippen LogP contribution in [0, 0.1) is 20.8 Å². The third-order valence-corrected chi connectivity index (χ3v) is 4.10. The lowest BCUT2D eigenvalue weighted by molar-refractivity contribution is -0.138. The minimum Gasteiger partial charge on any atom is -0.166 e. The van der Waals surface area contributed by atoms with Gasteiger partial charge in [0.1, 0.15) is 0 Å². The molecule has 1 atom stereocenters. The predicted molar refractivity (Wildman–Crippen MR) is 79.6 cm³/mol. The van der Waals surface area contributed by atoms with Gasteiger partial charge >= 0.3 is 6.18 Å². The molecule has 0 aliphatic heterocycles. The molecule has 21 heavy (non-hydrogen) atoms. The lowest BCUT2D eigenvalue weighted by Crippen LogP contribution is -2.09. The Morgan fingerprint density at radius 1 is 0.762 bits per heavy atom. The average Bonchev–Trinajstić information content (AvgIpc) is 2.40. The molecular formula is C18H19F3. The summed E-state index contributed by atoms with van der Waals surface area (Å²) in [4.78, 5) is 0. The molecule has 0 radical (unpaired) electrons.